The summed E-state index contributed by atoms with van der Waals surface area (Å²) in [4.78, 5) is 25.8. The number of ether oxygens (including phenoxy) is 1. The highest BCUT2D eigenvalue weighted by atomic mass is 16.5. The molecule has 0 saturated carbocycles. The lowest BCUT2D eigenvalue weighted by atomic mass is 10.0. The SMILES string of the molecule is CC1CC(=O)NC(N2CCC(NC(=O)OCc3ccccc3)CC2)N1. The van der Waals surface area contributed by atoms with Crippen molar-refractivity contribution in [2.45, 2.75) is 51.2 Å². The third-order valence-corrected chi connectivity index (χ3v) is 4.66. The van der Waals surface area contributed by atoms with Gasteiger partial charge < -0.3 is 15.4 Å². The van der Waals surface area contributed by atoms with E-state index in [-0.39, 0.29) is 37.0 Å². The van der Waals surface area contributed by atoms with Crippen LogP contribution in [-0.2, 0) is 16.1 Å². The highest BCUT2D eigenvalue weighted by Gasteiger charge is 2.30. The minimum atomic E-state index is -0.375. The van der Waals surface area contributed by atoms with E-state index in [1.165, 1.54) is 0 Å². The van der Waals surface area contributed by atoms with Crippen molar-refractivity contribution in [1.29, 1.82) is 0 Å². The first-order valence-electron chi connectivity index (χ1n) is 8.87. The van der Waals surface area contributed by atoms with Gasteiger partial charge in [-0.1, -0.05) is 30.3 Å². The maximum Gasteiger partial charge on any atom is 0.407 e. The number of hydrogen-bond acceptors (Lipinski definition) is 5. The average molecular weight is 346 g/mol. The second-order valence-corrected chi connectivity index (χ2v) is 6.76. The second-order valence-electron chi connectivity index (χ2n) is 6.76. The van der Waals surface area contributed by atoms with E-state index in [9.17, 15) is 9.59 Å². The third-order valence-electron chi connectivity index (χ3n) is 4.66. The van der Waals surface area contributed by atoms with Crippen molar-refractivity contribution in [3.63, 3.8) is 0 Å². The molecule has 0 bridgehead atoms. The first kappa shape index (κ1) is 17.7. The predicted molar refractivity (Wildman–Crippen MR) is 93.5 cm³/mol. The fourth-order valence-electron chi connectivity index (χ4n) is 3.29. The van der Waals surface area contributed by atoms with Gasteiger partial charge in [-0.25, -0.2) is 4.79 Å². The van der Waals surface area contributed by atoms with Crippen molar-refractivity contribution < 1.29 is 14.3 Å². The number of hydrogen-bond donors (Lipinski definition) is 3. The fourth-order valence-corrected chi connectivity index (χ4v) is 3.29. The van der Waals surface area contributed by atoms with E-state index in [1.54, 1.807) is 0 Å². The van der Waals surface area contributed by atoms with Crippen LogP contribution in [0.3, 0.4) is 0 Å². The molecular weight excluding hydrogens is 320 g/mol. The van der Waals surface area contributed by atoms with Gasteiger partial charge in [-0.3, -0.25) is 15.0 Å². The number of alkyl carbamates (subject to hydrolysis) is 1. The normalized spacial score (nSPS) is 25.2. The van der Waals surface area contributed by atoms with Crippen LogP contribution in [0.1, 0.15) is 31.7 Å². The van der Waals surface area contributed by atoms with Gasteiger partial charge in [-0.2, -0.15) is 0 Å². The lowest BCUT2D eigenvalue weighted by Gasteiger charge is -2.41. The zero-order chi connectivity index (χ0) is 17.6. The van der Waals surface area contributed by atoms with Gasteiger partial charge in [-0.05, 0) is 25.3 Å². The summed E-state index contributed by atoms with van der Waals surface area (Å²) < 4.78 is 5.27. The Balaban J connectivity index is 1.38. The smallest absolute Gasteiger partial charge is 0.407 e. The summed E-state index contributed by atoms with van der Waals surface area (Å²) in [7, 11) is 0. The summed E-state index contributed by atoms with van der Waals surface area (Å²) in [6.45, 7) is 3.92. The molecule has 2 aliphatic rings. The lowest BCUT2D eigenvalue weighted by Crippen LogP contribution is -2.65. The van der Waals surface area contributed by atoms with E-state index in [0.29, 0.717) is 6.42 Å². The molecule has 2 heterocycles. The molecule has 25 heavy (non-hydrogen) atoms. The van der Waals surface area contributed by atoms with Crippen molar-refractivity contribution in [3.05, 3.63) is 35.9 Å². The average Bonchev–Trinajstić information content (AvgIpc) is 2.61. The van der Waals surface area contributed by atoms with Crippen molar-refractivity contribution in [2.24, 2.45) is 0 Å². The maximum absolute atomic E-state index is 11.9. The molecule has 7 heteroatoms. The van der Waals surface area contributed by atoms with Crippen LogP contribution in [-0.4, -0.2) is 48.4 Å². The minimum Gasteiger partial charge on any atom is -0.445 e. The molecule has 3 N–H and O–H groups in total. The van der Waals surface area contributed by atoms with Crippen LogP contribution in [0.4, 0.5) is 4.79 Å². The van der Waals surface area contributed by atoms with Crippen LogP contribution < -0.4 is 16.0 Å². The highest BCUT2D eigenvalue weighted by molar-refractivity contribution is 5.77. The molecule has 2 atom stereocenters. The molecule has 2 aliphatic heterocycles. The van der Waals surface area contributed by atoms with E-state index >= 15 is 0 Å². The topological polar surface area (TPSA) is 82.7 Å². The third kappa shape index (κ3) is 5.17. The van der Waals surface area contributed by atoms with E-state index in [1.807, 2.05) is 37.3 Å². The van der Waals surface area contributed by atoms with Gasteiger partial charge in [0.2, 0.25) is 5.91 Å². The van der Waals surface area contributed by atoms with Crippen LogP contribution in [0.15, 0.2) is 30.3 Å². The standard InChI is InChI=1S/C18H26N4O3/c1-13-11-16(23)21-17(19-13)22-9-7-15(8-10-22)20-18(24)25-12-14-5-3-2-4-6-14/h2-6,13,15,17,19H,7-12H2,1H3,(H,20,24)(H,21,23). The Bertz CT molecular complexity index is 587. The number of nitrogens with one attached hydrogen (secondary N) is 3. The molecule has 2 amide bonds. The largest absolute Gasteiger partial charge is 0.445 e. The molecule has 1 aromatic carbocycles. The number of benzene rings is 1. The Morgan fingerprint density at radius 1 is 1.28 bits per heavy atom. The Hall–Kier alpha value is -2.12. The van der Waals surface area contributed by atoms with Crippen LogP contribution in [0.25, 0.3) is 0 Å². The molecule has 2 unspecified atom stereocenters. The van der Waals surface area contributed by atoms with E-state index in [0.717, 1.165) is 31.5 Å². The van der Waals surface area contributed by atoms with Gasteiger partial charge in [0.05, 0.1) is 0 Å². The zero-order valence-electron chi connectivity index (χ0n) is 14.5. The van der Waals surface area contributed by atoms with Gasteiger partial charge in [0, 0.05) is 31.6 Å². The van der Waals surface area contributed by atoms with Crippen molar-refractivity contribution in [1.82, 2.24) is 20.9 Å². The summed E-state index contributed by atoms with van der Waals surface area (Å²) in [5.41, 5.74) is 0.973. The molecule has 2 saturated heterocycles. The summed E-state index contributed by atoms with van der Waals surface area (Å²) >= 11 is 0. The van der Waals surface area contributed by atoms with Crippen molar-refractivity contribution in [3.8, 4) is 0 Å². The van der Waals surface area contributed by atoms with Crippen molar-refractivity contribution >= 4 is 12.0 Å². The van der Waals surface area contributed by atoms with Gasteiger partial charge in [-0.15, -0.1) is 0 Å². The first-order chi connectivity index (χ1) is 12.1. The number of likely N-dealkylation sites (tertiary alicyclic amines) is 1. The van der Waals surface area contributed by atoms with Crippen LogP contribution in [0.5, 0.6) is 0 Å². The summed E-state index contributed by atoms with van der Waals surface area (Å²) in [6.07, 6.45) is 1.70. The number of carbonyl (C=O) groups is 2. The molecule has 7 nitrogen and oxygen atoms in total. The van der Waals surface area contributed by atoms with Gasteiger partial charge >= 0.3 is 6.09 Å². The minimum absolute atomic E-state index is 0.0842. The van der Waals surface area contributed by atoms with E-state index in [2.05, 4.69) is 20.9 Å². The van der Waals surface area contributed by atoms with Gasteiger partial charge in [0.15, 0.2) is 0 Å². The molecule has 3 rings (SSSR count). The highest BCUT2D eigenvalue weighted by Crippen LogP contribution is 2.14. The lowest BCUT2D eigenvalue weighted by molar-refractivity contribution is -0.127. The molecule has 0 spiro atoms. The molecule has 2 fully saturated rings. The molecule has 136 valence electrons. The Morgan fingerprint density at radius 3 is 2.68 bits per heavy atom. The maximum atomic E-state index is 11.9. The van der Waals surface area contributed by atoms with E-state index < -0.39 is 0 Å². The number of piperidine rings is 1. The van der Waals surface area contributed by atoms with Crippen LogP contribution >= 0.6 is 0 Å². The Labute approximate surface area is 148 Å². The summed E-state index contributed by atoms with van der Waals surface area (Å²) in [5.74, 6) is 0.0842. The molecule has 0 radical (unpaired) electrons. The van der Waals surface area contributed by atoms with Crippen molar-refractivity contribution in [2.75, 3.05) is 13.1 Å². The molecule has 0 aliphatic carbocycles. The monoisotopic (exact) mass is 346 g/mol. The number of nitrogens with zero attached hydrogens (tertiary/aromatic N) is 1. The van der Waals surface area contributed by atoms with Crippen LogP contribution in [0.2, 0.25) is 0 Å². The van der Waals surface area contributed by atoms with Gasteiger partial charge in [0.1, 0.15) is 12.9 Å². The van der Waals surface area contributed by atoms with E-state index in [4.69, 9.17) is 4.74 Å². The quantitative estimate of drug-likeness (QED) is 0.762. The number of carbonyl (C=O) groups excluding carboxylic acids is 2. The summed E-state index contributed by atoms with van der Waals surface area (Å²) in [6, 6.07) is 9.92. The first-order valence-corrected chi connectivity index (χ1v) is 8.87. The number of amides is 2. The molecular formula is C18H26N4O3. The Morgan fingerprint density at radius 2 is 2.00 bits per heavy atom. The predicted octanol–water partition coefficient (Wildman–Crippen LogP) is 1.16. The molecule has 0 aromatic heterocycles. The summed E-state index contributed by atoms with van der Waals surface area (Å²) in [5, 5.41) is 9.30. The van der Waals surface area contributed by atoms with Gasteiger partial charge in [0.25, 0.3) is 0 Å². The molecule has 1 aromatic rings. The fraction of sp³-hybridized carbons (Fsp3) is 0.556. The zero-order valence-corrected chi connectivity index (χ0v) is 14.5. The Kier molecular flexibility index (Phi) is 5.88. The number of rotatable bonds is 4. The van der Waals surface area contributed by atoms with Crippen LogP contribution in [0, 0.1) is 0 Å². The second kappa shape index (κ2) is 8.31.